The van der Waals surface area contributed by atoms with Crippen LogP contribution in [0.1, 0.15) is 37.8 Å². The van der Waals surface area contributed by atoms with E-state index in [4.69, 9.17) is 4.74 Å². The second-order valence-electron chi connectivity index (χ2n) is 7.45. The molecule has 4 rings (SSSR count). The summed E-state index contributed by atoms with van der Waals surface area (Å²) in [5.41, 5.74) is 0.0438. The van der Waals surface area contributed by atoms with Crippen LogP contribution in [0, 0.1) is 0 Å². The summed E-state index contributed by atoms with van der Waals surface area (Å²) in [6.45, 7) is 4.15. The first-order valence-corrected chi connectivity index (χ1v) is 11.1. The maximum absolute atomic E-state index is 14.3. The van der Waals surface area contributed by atoms with Gasteiger partial charge >= 0.3 is 0 Å². The van der Waals surface area contributed by atoms with Crippen LogP contribution in [0.4, 0.5) is 0 Å². The van der Waals surface area contributed by atoms with E-state index in [1.165, 1.54) is 0 Å². The summed E-state index contributed by atoms with van der Waals surface area (Å²) in [4.78, 5) is 15.4. The summed E-state index contributed by atoms with van der Waals surface area (Å²) in [6, 6.07) is 30.4. The quantitative estimate of drug-likeness (QED) is 0.480. The second-order valence-corrected chi connectivity index (χ2v) is 8.58. The van der Waals surface area contributed by atoms with E-state index in [9.17, 15) is 4.79 Å². The van der Waals surface area contributed by atoms with Crippen molar-refractivity contribution in [2.24, 2.45) is 0 Å². The number of carbonyl (C=O) groups excluding carboxylic acids is 1. The van der Waals surface area contributed by atoms with Gasteiger partial charge in [-0.1, -0.05) is 104 Å². The highest BCUT2D eigenvalue weighted by Crippen LogP contribution is 2.55. The number of hydrogen-bond donors (Lipinski definition) is 0. The molecule has 3 atom stereocenters. The van der Waals surface area contributed by atoms with E-state index in [0.29, 0.717) is 12.8 Å². The summed E-state index contributed by atoms with van der Waals surface area (Å²) in [5, 5.41) is 0. The van der Waals surface area contributed by atoms with Crippen LogP contribution in [0.25, 0.3) is 0 Å². The average Bonchev–Trinajstić information content (AvgIpc) is 3.04. The van der Waals surface area contributed by atoms with Gasteiger partial charge in [-0.05, 0) is 36.1 Å². The number of benzene rings is 3. The van der Waals surface area contributed by atoms with E-state index in [-0.39, 0.29) is 11.2 Å². The van der Waals surface area contributed by atoms with Gasteiger partial charge < -0.3 is 4.74 Å². The predicted molar refractivity (Wildman–Crippen MR) is 119 cm³/mol. The van der Waals surface area contributed by atoms with Crippen LogP contribution in [0.15, 0.2) is 95.9 Å². The summed E-state index contributed by atoms with van der Waals surface area (Å²) >= 11 is 1.65. The van der Waals surface area contributed by atoms with Crippen molar-refractivity contribution in [1.29, 1.82) is 0 Å². The maximum atomic E-state index is 14.3. The predicted octanol–water partition coefficient (Wildman–Crippen LogP) is 6.36. The molecule has 0 bridgehead atoms. The second kappa shape index (κ2) is 8.17. The lowest BCUT2D eigenvalue weighted by Gasteiger charge is -2.32. The Morgan fingerprint density at radius 1 is 0.759 bits per heavy atom. The lowest BCUT2D eigenvalue weighted by Crippen LogP contribution is -2.43. The van der Waals surface area contributed by atoms with Crippen LogP contribution >= 0.6 is 11.8 Å². The molecule has 0 aromatic heterocycles. The third-order valence-corrected chi connectivity index (χ3v) is 7.31. The fraction of sp³-hybridized carbons (Fsp3) is 0.269. The highest BCUT2D eigenvalue weighted by molar-refractivity contribution is 8.00. The van der Waals surface area contributed by atoms with Crippen LogP contribution in [-0.4, -0.2) is 11.2 Å². The summed E-state index contributed by atoms with van der Waals surface area (Å²) in [6.07, 6.45) is 1.30. The minimum absolute atomic E-state index is 0.167. The van der Waals surface area contributed by atoms with E-state index in [2.05, 4.69) is 31.2 Å². The molecule has 0 radical (unpaired) electrons. The van der Waals surface area contributed by atoms with Crippen molar-refractivity contribution >= 4 is 17.5 Å². The lowest BCUT2D eigenvalue weighted by atomic mass is 9.70. The maximum Gasteiger partial charge on any atom is 0.183 e. The number of carbonyl (C=O) groups is 1. The van der Waals surface area contributed by atoms with Gasteiger partial charge in [-0.25, -0.2) is 0 Å². The first-order chi connectivity index (χ1) is 14.2. The van der Waals surface area contributed by atoms with Crippen molar-refractivity contribution < 1.29 is 9.53 Å². The summed E-state index contributed by atoms with van der Waals surface area (Å²) in [5.74, 6) is 0.167. The SMILES string of the molecule is CC[C@]1(c2ccccc2)O[C@H](Sc2ccccc2)[C@@](CC)(c2ccccc2)C1=O. The smallest absolute Gasteiger partial charge is 0.183 e. The molecule has 29 heavy (non-hydrogen) atoms. The van der Waals surface area contributed by atoms with Crippen molar-refractivity contribution in [3.63, 3.8) is 0 Å². The molecule has 0 unspecified atom stereocenters. The van der Waals surface area contributed by atoms with Crippen LogP contribution in [-0.2, 0) is 20.5 Å². The average molecular weight is 403 g/mol. The molecule has 0 amide bonds. The minimum atomic E-state index is -0.931. The monoisotopic (exact) mass is 402 g/mol. The molecule has 0 aliphatic carbocycles. The van der Waals surface area contributed by atoms with E-state index >= 15 is 0 Å². The number of hydrogen-bond acceptors (Lipinski definition) is 3. The van der Waals surface area contributed by atoms with Gasteiger partial charge in [0, 0.05) is 4.90 Å². The standard InChI is InChI=1S/C26H26O2S/c1-3-25(20-14-8-5-9-15-20)23(27)26(4-2,21-16-10-6-11-17-21)28-24(25)29-22-18-12-7-13-19-22/h5-19,24H,3-4H2,1-2H3/t24-,25+,26-/m1/s1. The zero-order valence-corrected chi connectivity index (χ0v) is 17.7. The van der Waals surface area contributed by atoms with E-state index < -0.39 is 11.0 Å². The summed E-state index contributed by atoms with van der Waals surface area (Å²) < 4.78 is 6.78. The first kappa shape index (κ1) is 19.9. The Morgan fingerprint density at radius 2 is 1.28 bits per heavy atom. The Hall–Kier alpha value is -2.36. The van der Waals surface area contributed by atoms with Crippen molar-refractivity contribution in [3.8, 4) is 0 Å². The molecule has 0 N–H and O–H groups in total. The molecule has 2 nitrogen and oxygen atoms in total. The highest BCUT2D eigenvalue weighted by atomic mass is 32.2. The molecular weight excluding hydrogens is 376 g/mol. The molecule has 1 saturated heterocycles. The van der Waals surface area contributed by atoms with Crippen molar-refractivity contribution in [3.05, 3.63) is 102 Å². The Bertz CT molecular complexity index is 958. The highest BCUT2D eigenvalue weighted by Gasteiger charge is 2.63. The molecule has 148 valence electrons. The lowest BCUT2D eigenvalue weighted by molar-refractivity contribution is -0.135. The van der Waals surface area contributed by atoms with Gasteiger partial charge in [0.05, 0.1) is 5.41 Å². The Labute approximate surface area is 177 Å². The third-order valence-electron chi connectivity index (χ3n) is 6.05. The molecule has 0 saturated carbocycles. The van der Waals surface area contributed by atoms with Crippen LogP contribution < -0.4 is 0 Å². The third kappa shape index (κ3) is 3.23. The molecule has 3 heteroatoms. The Balaban J connectivity index is 1.88. The molecule has 1 heterocycles. The number of Topliss-reactive ketones (excluding diaryl/α,β-unsaturated/α-hetero) is 1. The largest absolute Gasteiger partial charge is 0.347 e. The molecule has 1 aliphatic rings. The Kier molecular flexibility index (Phi) is 5.62. The Morgan fingerprint density at radius 3 is 1.79 bits per heavy atom. The topological polar surface area (TPSA) is 26.3 Å². The normalized spacial score (nSPS) is 26.6. The van der Waals surface area contributed by atoms with Gasteiger partial charge in [-0.2, -0.15) is 0 Å². The van der Waals surface area contributed by atoms with Crippen LogP contribution in [0.5, 0.6) is 0 Å². The number of rotatable bonds is 6. The molecule has 1 fully saturated rings. The van der Waals surface area contributed by atoms with Crippen LogP contribution in [0.2, 0.25) is 0 Å². The van der Waals surface area contributed by atoms with Gasteiger partial charge in [-0.3, -0.25) is 4.79 Å². The van der Waals surface area contributed by atoms with Gasteiger partial charge in [0.1, 0.15) is 5.44 Å². The van der Waals surface area contributed by atoms with Crippen molar-refractivity contribution in [2.45, 2.75) is 48.0 Å². The minimum Gasteiger partial charge on any atom is -0.347 e. The van der Waals surface area contributed by atoms with E-state index in [1.807, 2.05) is 73.7 Å². The van der Waals surface area contributed by atoms with E-state index in [1.54, 1.807) is 11.8 Å². The zero-order valence-electron chi connectivity index (χ0n) is 16.9. The number of thioether (sulfide) groups is 1. The first-order valence-electron chi connectivity index (χ1n) is 10.2. The number of ether oxygens (including phenoxy) is 1. The fourth-order valence-electron chi connectivity index (χ4n) is 4.44. The van der Waals surface area contributed by atoms with Gasteiger partial charge in [0.25, 0.3) is 0 Å². The van der Waals surface area contributed by atoms with Crippen molar-refractivity contribution in [2.75, 3.05) is 0 Å². The van der Waals surface area contributed by atoms with Crippen LogP contribution in [0.3, 0.4) is 0 Å². The van der Waals surface area contributed by atoms with E-state index in [0.717, 1.165) is 16.0 Å². The molecule has 3 aromatic rings. The molecular formula is C26H26O2S. The van der Waals surface area contributed by atoms with Gasteiger partial charge in [0.15, 0.2) is 11.4 Å². The van der Waals surface area contributed by atoms with Crippen molar-refractivity contribution in [1.82, 2.24) is 0 Å². The zero-order chi connectivity index (χ0) is 20.3. The molecule has 1 aliphatic heterocycles. The number of ketones is 1. The molecule has 0 spiro atoms. The van der Waals surface area contributed by atoms with Gasteiger partial charge in [-0.15, -0.1) is 0 Å². The summed E-state index contributed by atoms with van der Waals surface area (Å²) in [7, 11) is 0. The molecule has 3 aromatic carbocycles. The fourth-order valence-corrected chi connectivity index (χ4v) is 5.82. The van der Waals surface area contributed by atoms with Gasteiger partial charge in [0.2, 0.25) is 0 Å².